The molecule has 110 valence electrons. The zero-order valence-corrected chi connectivity index (χ0v) is 13.6. The summed E-state index contributed by atoms with van der Waals surface area (Å²) in [7, 11) is 0. The number of H-pyrrole nitrogens is 1. The molecule has 1 aliphatic heterocycles. The number of rotatable bonds is 3. The van der Waals surface area contributed by atoms with Gasteiger partial charge in [0, 0.05) is 38.1 Å². The number of nitrogens with one attached hydrogen (secondary N) is 1. The minimum Gasteiger partial charge on any atom is -0.335 e. The number of hydrogen-bond acceptors (Lipinski definition) is 3. The molecule has 1 N–H and O–H groups in total. The summed E-state index contributed by atoms with van der Waals surface area (Å²) in [5, 5.41) is 7.26. The van der Waals surface area contributed by atoms with Gasteiger partial charge in [0.25, 0.3) is 5.91 Å². The Morgan fingerprint density at radius 3 is 2.50 bits per heavy atom. The number of piperazine rings is 1. The van der Waals surface area contributed by atoms with Gasteiger partial charge in [-0.15, -0.1) is 0 Å². The van der Waals surface area contributed by atoms with Crippen LogP contribution >= 0.6 is 15.9 Å². The second-order valence-corrected chi connectivity index (χ2v) is 6.79. The number of amides is 1. The van der Waals surface area contributed by atoms with Gasteiger partial charge in [-0.05, 0) is 42.6 Å². The van der Waals surface area contributed by atoms with Crippen LogP contribution in [0.2, 0.25) is 0 Å². The fourth-order valence-electron chi connectivity index (χ4n) is 2.72. The molecule has 1 aliphatic carbocycles. The van der Waals surface area contributed by atoms with Crippen LogP contribution in [0.5, 0.6) is 0 Å². The Morgan fingerprint density at radius 1 is 1.30 bits per heavy atom. The van der Waals surface area contributed by atoms with Gasteiger partial charge >= 0.3 is 0 Å². The molecule has 1 aromatic rings. The van der Waals surface area contributed by atoms with Crippen molar-refractivity contribution in [2.24, 2.45) is 0 Å². The second kappa shape index (κ2) is 5.48. The quantitative estimate of drug-likeness (QED) is 0.917. The van der Waals surface area contributed by atoms with Gasteiger partial charge in [0.05, 0.1) is 10.2 Å². The molecule has 20 heavy (non-hydrogen) atoms. The third kappa shape index (κ3) is 2.63. The zero-order chi connectivity index (χ0) is 14.3. The lowest BCUT2D eigenvalue weighted by atomic mass is 10.2. The number of aromatic nitrogens is 2. The van der Waals surface area contributed by atoms with Crippen LogP contribution in [0.4, 0.5) is 0 Å². The smallest absolute Gasteiger partial charge is 0.275 e. The van der Waals surface area contributed by atoms with Gasteiger partial charge in [-0.2, -0.15) is 5.10 Å². The molecule has 2 aliphatic rings. The maximum absolute atomic E-state index is 12.5. The largest absolute Gasteiger partial charge is 0.335 e. The fraction of sp³-hybridized carbons (Fsp3) is 0.714. The molecule has 5 nitrogen and oxygen atoms in total. The Hall–Kier alpha value is -0.880. The lowest BCUT2D eigenvalue weighted by Gasteiger charge is -2.36. The first-order valence-corrected chi connectivity index (χ1v) is 8.14. The molecular weight excluding hydrogens is 320 g/mol. The molecule has 3 rings (SSSR count). The molecule has 0 bridgehead atoms. The summed E-state index contributed by atoms with van der Waals surface area (Å²) < 4.78 is 0.872. The molecule has 0 unspecified atom stereocenters. The highest BCUT2D eigenvalue weighted by atomic mass is 79.9. The molecular formula is C14H21BrN4O. The van der Waals surface area contributed by atoms with Crippen molar-refractivity contribution in [3.63, 3.8) is 0 Å². The predicted molar refractivity (Wildman–Crippen MR) is 80.9 cm³/mol. The standard InChI is InChI=1S/C14H21BrN4O/c1-9(2)18-5-7-19(8-6-18)14(20)13-11(15)12(16-17-13)10-3-4-10/h9-10H,3-8H2,1-2H3,(H,16,17). The Balaban J connectivity index is 1.67. The number of nitrogens with zero attached hydrogens (tertiary/aromatic N) is 3. The molecule has 0 spiro atoms. The Kier molecular flexibility index (Phi) is 3.86. The van der Waals surface area contributed by atoms with Gasteiger partial charge in [-0.3, -0.25) is 14.8 Å². The minimum atomic E-state index is 0.0448. The van der Waals surface area contributed by atoms with Gasteiger partial charge < -0.3 is 4.90 Å². The van der Waals surface area contributed by atoms with Crippen LogP contribution in [0.1, 0.15) is 48.8 Å². The number of carbonyl (C=O) groups excluding carboxylic acids is 1. The lowest BCUT2D eigenvalue weighted by molar-refractivity contribution is 0.0589. The average molecular weight is 341 g/mol. The van der Waals surface area contributed by atoms with E-state index in [2.05, 4.69) is 44.9 Å². The summed E-state index contributed by atoms with van der Waals surface area (Å²) in [4.78, 5) is 16.9. The van der Waals surface area contributed by atoms with E-state index in [1.165, 1.54) is 12.8 Å². The topological polar surface area (TPSA) is 52.2 Å². The first kappa shape index (κ1) is 14.1. The van der Waals surface area contributed by atoms with Crippen molar-refractivity contribution in [3.05, 3.63) is 15.9 Å². The Labute approximate surface area is 127 Å². The SMILES string of the molecule is CC(C)N1CCN(C(=O)c2n[nH]c(C3CC3)c2Br)CC1. The van der Waals surface area contributed by atoms with E-state index in [0.717, 1.165) is 36.3 Å². The van der Waals surface area contributed by atoms with Gasteiger partial charge in [-0.25, -0.2) is 0 Å². The molecule has 2 heterocycles. The third-order valence-electron chi connectivity index (χ3n) is 4.25. The number of carbonyl (C=O) groups is 1. The number of hydrogen-bond donors (Lipinski definition) is 1. The summed E-state index contributed by atoms with van der Waals surface area (Å²) in [6, 6.07) is 0.547. The van der Waals surface area contributed by atoms with Gasteiger partial charge in [0.2, 0.25) is 0 Å². The summed E-state index contributed by atoms with van der Waals surface area (Å²) in [6.45, 7) is 7.86. The zero-order valence-electron chi connectivity index (χ0n) is 12.0. The van der Waals surface area contributed by atoms with Crippen LogP contribution in [0.3, 0.4) is 0 Å². The van der Waals surface area contributed by atoms with Crippen LogP contribution < -0.4 is 0 Å². The Morgan fingerprint density at radius 2 is 1.95 bits per heavy atom. The van der Waals surface area contributed by atoms with Crippen molar-refractivity contribution >= 4 is 21.8 Å². The van der Waals surface area contributed by atoms with Crippen molar-refractivity contribution in [1.82, 2.24) is 20.0 Å². The van der Waals surface area contributed by atoms with E-state index in [9.17, 15) is 4.79 Å². The average Bonchev–Trinajstić information content (AvgIpc) is 3.21. The Bertz CT molecular complexity index is 501. The van der Waals surface area contributed by atoms with E-state index in [-0.39, 0.29) is 5.91 Å². The maximum atomic E-state index is 12.5. The summed E-state index contributed by atoms with van der Waals surface area (Å²) in [5.74, 6) is 0.611. The molecule has 0 atom stereocenters. The van der Waals surface area contributed by atoms with E-state index >= 15 is 0 Å². The summed E-state index contributed by atoms with van der Waals surface area (Å²) >= 11 is 3.54. The van der Waals surface area contributed by atoms with Crippen LogP contribution in [0, 0.1) is 0 Å². The monoisotopic (exact) mass is 340 g/mol. The van der Waals surface area contributed by atoms with E-state index in [1.54, 1.807) is 0 Å². The first-order chi connectivity index (χ1) is 9.58. The van der Waals surface area contributed by atoms with Crippen molar-refractivity contribution < 1.29 is 4.79 Å². The van der Waals surface area contributed by atoms with Crippen LogP contribution in [0.25, 0.3) is 0 Å². The predicted octanol–water partition coefficient (Wildman–Crippen LogP) is 2.22. The maximum Gasteiger partial charge on any atom is 0.275 e. The molecule has 0 radical (unpaired) electrons. The number of halogens is 1. The highest BCUT2D eigenvalue weighted by Gasteiger charge is 2.32. The van der Waals surface area contributed by atoms with Crippen LogP contribution in [-0.2, 0) is 0 Å². The van der Waals surface area contributed by atoms with Gasteiger partial charge in [-0.1, -0.05) is 0 Å². The summed E-state index contributed by atoms with van der Waals surface area (Å²) in [5.41, 5.74) is 1.64. The van der Waals surface area contributed by atoms with Crippen molar-refractivity contribution in [1.29, 1.82) is 0 Å². The van der Waals surface area contributed by atoms with E-state index in [4.69, 9.17) is 0 Å². The van der Waals surface area contributed by atoms with E-state index < -0.39 is 0 Å². The van der Waals surface area contributed by atoms with E-state index in [0.29, 0.717) is 17.7 Å². The number of aromatic amines is 1. The molecule has 1 saturated carbocycles. The van der Waals surface area contributed by atoms with Gasteiger partial charge in [0.15, 0.2) is 5.69 Å². The van der Waals surface area contributed by atoms with Crippen LogP contribution in [-0.4, -0.2) is 58.1 Å². The first-order valence-electron chi connectivity index (χ1n) is 7.35. The highest BCUT2D eigenvalue weighted by Crippen LogP contribution is 2.43. The summed E-state index contributed by atoms with van der Waals surface area (Å²) in [6.07, 6.45) is 2.39. The molecule has 1 amide bonds. The van der Waals surface area contributed by atoms with Crippen molar-refractivity contribution in [2.75, 3.05) is 26.2 Å². The minimum absolute atomic E-state index is 0.0448. The highest BCUT2D eigenvalue weighted by molar-refractivity contribution is 9.10. The van der Waals surface area contributed by atoms with Crippen molar-refractivity contribution in [3.8, 4) is 0 Å². The molecule has 0 aromatic carbocycles. The molecule has 1 aromatic heterocycles. The second-order valence-electron chi connectivity index (χ2n) is 6.00. The van der Waals surface area contributed by atoms with Gasteiger partial charge in [0.1, 0.15) is 0 Å². The molecule has 6 heteroatoms. The normalized spacial score (nSPS) is 20.7. The fourth-order valence-corrected chi connectivity index (χ4v) is 3.39. The third-order valence-corrected chi connectivity index (χ3v) is 5.06. The van der Waals surface area contributed by atoms with Crippen LogP contribution in [0.15, 0.2) is 4.47 Å². The van der Waals surface area contributed by atoms with Crippen molar-refractivity contribution in [2.45, 2.75) is 38.6 Å². The molecule has 2 fully saturated rings. The van der Waals surface area contributed by atoms with E-state index in [1.807, 2.05) is 4.90 Å². The lowest BCUT2D eigenvalue weighted by Crippen LogP contribution is -2.50. The molecule has 1 saturated heterocycles.